The van der Waals surface area contributed by atoms with E-state index >= 15 is 0 Å². The number of anilines is 1. The van der Waals surface area contributed by atoms with Gasteiger partial charge in [-0.2, -0.15) is 0 Å². The predicted molar refractivity (Wildman–Crippen MR) is 67.7 cm³/mol. The van der Waals surface area contributed by atoms with Gasteiger partial charge < -0.3 is 9.88 Å². The summed E-state index contributed by atoms with van der Waals surface area (Å²) in [5.74, 6) is 1.67. The molecule has 0 bridgehead atoms. The Balaban J connectivity index is 2.17. The minimum absolute atomic E-state index is 0.805. The van der Waals surface area contributed by atoms with Crippen molar-refractivity contribution in [1.29, 1.82) is 0 Å². The summed E-state index contributed by atoms with van der Waals surface area (Å²) in [5, 5.41) is 11.5. The van der Waals surface area contributed by atoms with Crippen molar-refractivity contribution in [3.05, 3.63) is 24.5 Å². The number of nitrogens with zero attached hydrogens (tertiary/aromatic N) is 4. The monoisotopic (exact) mass is 231 g/mol. The maximum Gasteiger partial charge on any atom is 0.160 e. The number of nitrogens with one attached hydrogen (secondary N) is 1. The molecule has 2 aromatic heterocycles. The maximum atomic E-state index is 4.29. The Hall–Kier alpha value is -1.91. The van der Waals surface area contributed by atoms with Crippen LogP contribution >= 0.6 is 0 Å². The van der Waals surface area contributed by atoms with Crippen LogP contribution in [0.25, 0.3) is 11.5 Å². The smallest absolute Gasteiger partial charge is 0.160 e. The summed E-state index contributed by atoms with van der Waals surface area (Å²) in [5.41, 5.74) is 0.805. The summed E-state index contributed by atoms with van der Waals surface area (Å²) in [6.45, 7) is 5.99. The van der Waals surface area contributed by atoms with Crippen LogP contribution in [0.4, 0.5) is 5.82 Å². The number of imidazole rings is 1. The molecule has 0 saturated heterocycles. The summed E-state index contributed by atoms with van der Waals surface area (Å²) in [7, 11) is 0. The second-order valence-electron chi connectivity index (χ2n) is 3.77. The predicted octanol–water partition coefficient (Wildman–Crippen LogP) is 2.18. The first-order chi connectivity index (χ1) is 8.35. The van der Waals surface area contributed by atoms with Crippen LogP contribution in [0.15, 0.2) is 24.5 Å². The van der Waals surface area contributed by atoms with Crippen LogP contribution < -0.4 is 5.32 Å². The van der Waals surface area contributed by atoms with Gasteiger partial charge in [0.25, 0.3) is 0 Å². The van der Waals surface area contributed by atoms with Crippen LogP contribution in [-0.2, 0) is 6.54 Å². The zero-order valence-corrected chi connectivity index (χ0v) is 10.2. The van der Waals surface area contributed by atoms with Gasteiger partial charge in [-0.1, -0.05) is 6.92 Å². The maximum absolute atomic E-state index is 4.29. The van der Waals surface area contributed by atoms with Crippen molar-refractivity contribution < 1.29 is 0 Å². The van der Waals surface area contributed by atoms with Gasteiger partial charge in [-0.05, 0) is 25.5 Å². The zero-order chi connectivity index (χ0) is 12.1. The number of aryl methyl sites for hydroxylation is 1. The summed E-state index contributed by atoms with van der Waals surface area (Å²) in [6.07, 6.45) is 4.80. The molecule has 0 amide bonds. The zero-order valence-electron chi connectivity index (χ0n) is 10.2. The Morgan fingerprint density at radius 1 is 1.24 bits per heavy atom. The third-order valence-corrected chi connectivity index (χ3v) is 2.51. The van der Waals surface area contributed by atoms with E-state index in [2.05, 4.69) is 34.3 Å². The highest BCUT2D eigenvalue weighted by Gasteiger charge is 2.06. The number of aromatic nitrogens is 4. The highest BCUT2D eigenvalue weighted by molar-refractivity contribution is 5.51. The fraction of sp³-hybridized carbons (Fsp3) is 0.417. The molecule has 0 spiro atoms. The molecule has 5 nitrogen and oxygen atoms in total. The molecule has 0 saturated carbocycles. The molecule has 5 heteroatoms. The van der Waals surface area contributed by atoms with E-state index in [0.717, 1.165) is 36.8 Å². The van der Waals surface area contributed by atoms with Crippen LogP contribution in [0.2, 0.25) is 0 Å². The topological polar surface area (TPSA) is 55.6 Å². The molecule has 0 aliphatic heterocycles. The van der Waals surface area contributed by atoms with Crippen LogP contribution in [0, 0.1) is 0 Å². The Bertz CT molecular complexity index is 460. The Morgan fingerprint density at radius 3 is 2.76 bits per heavy atom. The summed E-state index contributed by atoms with van der Waals surface area (Å²) in [6, 6.07) is 3.88. The Kier molecular flexibility index (Phi) is 3.69. The van der Waals surface area contributed by atoms with Gasteiger partial charge in [-0.3, -0.25) is 0 Å². The van der Waals surface area contributed by atoms with Gasteiger partial charge in [0.2, 0.25) is 0 Å². The number of hydrogen-bond acceptors (Lipinski definition) is 4. The van der Waals surface area contributed by atoms with E-state index in [1.807, 2.05) is 22.9 Å². The molecule has 2 rings (SSSR count). The second kappa shape index (κ2) is 5.43. The van der Waals surface area contributed by atoms with Crippen LogP contribution in [0.3, 0.4) is 0 Å². The van der Waals surface area contributed by atoms with E-state index in [9.17, 15) is 0 Å². The molecule has 0 radical (unpaired) electrons. The fourth-order valence-electron chi connectivity index (χ4n) is 1.60. The van der Waals surface area contributed by atoms with Crippen molar-refractivity contribution in [2.45, 2.75) is 26.8 Å². The number of hydrogen-bond donors (Lipinski definition) is 1. The van der Waals surface area contributed by atoms with E-state index in [1.54, 1.807) is 6.20 Å². The lowest BCUT2D eigenvalue weighted by Gasteiger charge is -2.05. The molecular weight excluding hydrogens is 214 g/mol. The fourth-order valence-corrected chi connectivity index (χ4v) is 1.60. The third kappa shape index (κ3) is 2.61. The van der Waals surface area contributed by atoms with Gasteiger partial charge in [-0.15, -0.1) is 10.2 Å². The van der Waals surface area contributed by atoms with Gasteiger partial charge >= 0.3 is 0 Å². The lowest BCUT2D eigenvalue weighted by molar-refractivity contribution is 0.765. The van der Waals surface area contributed by atoms with E-state index in [0.29, 0.717) is 0 Å². The van der Waals surface area contributed by atoms with Crippen molar-refractivity contribution >= 4 is 5.82 Å². The minimum atomic E-state index is 0.805. The summed E-state index contributed by atoms with van der Waals surface area (Å²) >= 11 is 0. The van der Waals surface area contributed by atoms with Crippen LogP contribution in [0.5, 0.6) is 0 Å². The molecule has 0 atom stereocenters. The molecule has 0 aromatic carbocycles. The number of rotatable bonds is 5. The quantitative estimate of drug-likeness (QED) is 0.857. The van der Waals surface area contributed by atoms with E-state index in [-0.39, 0.29) is 0 Å². The average Bonchev–Trinajstić information content (AvgIpc) is 2.85. The van der Waals surface area contributed by atoms with Crippen molar-refractivity contribution in [3.8, 4) is 11.5 Å². The van der Waals surface area contributed by atoms with E-state index in [1.165, 1.54) is 0 Å². The van der Waals surface area contributed by atoms with E-state index in [4.69, 9.17) is 0 Å². The first-order valence-corrected chi connectivity index (χ1v) is 5.94. The molecule has 2 aromatic rings. The molecular formula is C12H17N5. The van der Waals surface area contributed by atoms with E-state index < -0.39 is 0 Å². The second-order valence-corrected chi connectivity index (χ2v) is 3.77. The summed E-state index contributed by atoms with van der Waals surface area (Å²) in [4.78, 5) is 4.29. The van der Waals surface area contributed by atoms with Crippen molar-refractivity contribution in [2.75, 3.05) is 11.9 Å². The lowest BCUT2D eigenvalue weighted by Crippen LogP contribution is -2.04. The van der Waals surface area contributed by atoms with Crippen molar-refractivity contribution in [1.82, 2.24) is 19.7 Å². The van der Waals surface area contributed by atoms with Crippen LogP contribution in [0.1, 0.15) is 20.3 Å². The van der Waals surface area contributed by atoms with Gasteiger partial charge in [0.1, 0.15) is 11.5 Å². The minimum Gasteiger partial charge on any atom is -0.369 e. The van der Waals surface area contributed by atoms with Gasteiger partial charge in [0.05, 0.1) is 0 Å². The van der Waals surface area contributed by atoms with Crippen molar-refractivity contribution in [3.63, 3.8) is 0 Å². The Morgan fingerprint density at radius 2 is 2.12 bits per heavy atom. The molecule has 90 valence electrons. The molecule has 0 aliphatic carbocycles. The summed E-state index contributed by atoms with van der Waals surface area (Å²) < 4.78 is 2.04. The lowest BCUT2D eigenvalue weighted by atomic mass is 10.3. The molecule has 0 fully saturated rings. The first kappa shape index (κ1) is 11.6. The van der Waals surface area contributed by atoms with Crippen LogP contribution in [-0.4, -0.2) is 26.3 Å². The van der Waals surface area contributed by atoms with Gasteiger partial charge in [0.15, 0.2) is 5.82 Å². The molecule has 1 N–H and O–H groups in total. The largest absolute Gasteiger partial charge is 0.369 e. The SMILES string of the molecule is CCCNc1ccc(-c2nccn2CC)nn1. The molecule has 0 aliphatic rings. The van der Waals surface area contributed by atoms with Crippen molar-refractivity contribution in [2.24, 2.45) is 0 Å². The van der Waals surface area contributed by atoms with Gasteiger partial charge in [-0.25, -0.2) is 4.98 Å². The highest BCUT2D eigenvalue weighted by atomic mass is 15.2. The third-order valence-electron chi connectivity index (χ3n) is 2.51. The first-order valence-electron chi connectivity index (χ1n) is 5.94. The highest BCUT2D eigenvalue weighted by Crippen LogP contribution is 2.14. The average molecular weight is 231 g/mol. The molecule has 2 heterocycles. The Labute approximate surface area is 101 Å². The van der Waals surface area contributed by atoms with Gasteiger partial charge in [0, 0.05) is 25.5 Å². The standard InChI is InChI=1S/C12H17N5/c1-3-7-13-11-6-5-10(15-16-11)12-14-8-9-17(12)4-2/h5-6,8-9H,3-4,7H2,1-2H3,(H,13,16). The molecule has 0 unspecified atom stereocenters. The normalized spacial score (nSPS) is 10.5. The molecule has 17 heavy (non-hydrogen) atoms.